The van der Waals surface area contributed by atoms with Crippen LogP contribution < -0.4 is 5.32 Å². The van der Waals surface area contributed by atoms with Gasteiger partial charge in [-0.15, -0.1) is 0 Å². The number of nitrogens with one attached hydrogen (secondary N) is 1. The fraction of sp³-hybridized carbons (Fsp3) is 0.765. The molecule has 0 rings (SSSR count). The van der Waals surface area contributed by atoms with E-state index < -0.39 is 5.60 Å². The Labute approximate surface area is 134 Å². The molecule has 0 radical (unpaired) electrons. The monoisotopic (exact) mass is 313 g/mol. The van der Waals surface area contributed by atoms with Crippen molar-refractivity contribution in [3.8, 4) is 0 Å². The molecule has 1 amide bonds. The van der Waals surface area contributed by atoms with Crippen LogP contribution in [0.4, 0.5) is 4.79 Å². The van der Waals surface area contributed by atoms with Crippen molar-refractivity contribution in [1.29, 1.82) is 0 Å². The Morgan fingerprint density at radius 1 is 1.09 bits per heavy atom. The summed E-state index contributed by atoms with van der Waals surface area (Å²) in [6.45, 7) is 9.35. The second-order valence-corrected chi connectivity index (χ2v) is 6.60. The molecule has 2 atom stereocenters. The summed E-state index contributed by atoms with van der Waals surface area (Å²) < 4.78 is 9.88. The smallest absolute Gasteiger partial charge is 0.407 e. The van der Waals surface area contributed by atoms with Crippen LogP contribution in [-0.4, -0.2) is 30.8 Å². The van der Waals surface area contributed by atoms with Crippen LogP contribution in [0.5, 0.6) is 0 Å². The first-order valence-electron chi connectivity index (χ1n) is 7.88. The minimum Gasteiger partial charge on any atom is -0.469 e. The molecule has 5 heteroatoms. The van der Waals surface area contributed by atoms with Gasteiger partial charge in [0.15, 0.2) is 0 Å². The highest BCUT2D eigenvalue weighted by molar-refractivity contribution is 5.71. The molecule has 0 aliphatic carbocycles. The van der Waals surface area contributed by atoms with Gasteiger partial charge >= 0.3 is 12.1 Å². The summed E-state index contributed by atoms with van der Waals surface area (Å²) in [6, 6.07) is 0.0634. The Morgan fingerprint density at radius 3 is 2.14 bits per heavy atom. The topological polar surface area (TPSA) is 64.6 Å². The van der Waals surface area contributed by atoms with Crippen molar-refractivity contribution < 1.29 is 19.1 Å². The third kappa shape index (κ3) is 11.2. The summed E-state index contributed by atoms with van der Waals surface area (Å²) in [5, 5.41) is 2.81. The number of alkyl carbamates (subject to hydrolysis) is 1. The van der Waals surface area contributed by atoms with Gasteiger partial charge in [0.05, 0.1) is 13.0 Å². The average molecular weight is 313 g/mol. The molecule has 0 aromatic heterocycles. The van der Waals surface area contributed by atoms with E-state index in [2.05, 4.69) is 22.2 Å². The first kappa shape index (κ1) is 20.5. The minimum atomic E-state index is -0.472. The number of rotatable bonds is 8. The van der Waals surface area contributed by atoms with Gasteiger partial charge in [-0.2, -0.15) is 0 Å². The van der Waals surface area contributed by atoms with Gasteiger partial charge < -0.3 is 14.8 Å². The van der Waals surface area contributed by atoms with Crippen LogP contribution >= 0.6 is 0 Å². The minimum absolute atomic E-state index is 0.0634. The number of carbonyl (C=O) groups is 2. The maximum absolute atomic E-state index is 11.6. The van der Waals surface area contributed by atoms with Crippen LogP contribution in [0.15, 0.2) is 12.2 Å². The summed E-state index contributed by atoms with van der Waals surface area (Å²) in [5.41, 5.74) is -0.472. The van der Waals surface area contributed by atoms with Crippen molar-refractivity contribution in [2.45, 2.75) is 71.9 Å². The summed E-state index contributed by atoms with van der Waals surface area (Å²) >= 11 is 0. The molecule has 0 aromatic rings. The second kappa shape index (κ2) is 10.2. The van der Waals surface area contributed by atoms with Crippen molar-refractivity contribution in [2.75, 3.05) is 7.11 Å². The van der Waals surface area contributed by atoms with E-state index in [1.807, 2.05) is 34.6 Å². The quantitative estimate of drug-likeness (QED) is 0.546. The zero-order valence-corrected chi connectivity index (χ0v) is 14.8. The van der Waals surface area contributed by atoms with E-state index in [0.717, 1.165) is 25.7 Å². The van der Waals surface area contributed by atoms with Gasteiger partial charge in [0.25, 0.3) is 0 Å². The van der Waals surface area contributed by atoms with E-state index in [1.165, 1.54) is 7.11 Å². The lowest BCUT2D eigenvalue weighted by Crippen LogP contribution is -2.37. The lowest BCUT2D eigenvalue weighted by molar-refractivity contribution is -0.145. The Kier molecular flexibility index (Phi) is 9.54. The first-order chi connectivity index (χ1) is 10.2. The third-order valence-electron chi connectivity index (χ3n) is 3.07. The molecule has 0 saturated heterocycles. The van der Waals surface area contributed by atoms with Gasteiger partial charge in [-0.3, -0.25) is 4.79 Å². The van der Waals surface area contributed by atoms with E-state index in [9.17, 15) is 9.59 Å². The SMILES string of the molecule is COC(=O)[C@@H](C)CC/C=C\CCC(C)NC(=O)OC(C)(C)C. The fourth-order valence-corrected chi connectivity index (χ4v) is 1.83. The highest BCUT2D eigenvalue weighted by Gasteiger charge is 2.17. The van der Waals surface area contributed by atoms with Gasteiger partial charge in [0, 0.05) is 6.04 Å². The second-order valence-electron chi connectivity index (χ2n) is 6.60. The van der Waals surface area contributed by atoms with Crippen LogP contribution in [0.25, 0.3) is 0 Å². The molecule has 1 unspecified atom stereocenters. The number of ether oxygens (including phenoxy) is 2. The number of esters is 1. The molecule has 0 spiro atoms. The highest BCUT2D eigenvalue weighted by atomic mass is 16.6. The predicted octanol–water partition coefficient (Wildman–Crippen LogP) is 3.83. The van der Waals surface area contributed by atoms with E-state index in [1.54, 1.807) is 0 Å². The van der Waals surface area contributed by atoms with Crippen LogP contribution in [0, 0.1) is 5.92 Å². The van der Waals surface area contributed by atoms with E-state index in [4.69, 9.17) is 4.74 Å². The molecular formula is C17H31NO4. The average Bonchev–Trinajstić information content (AvgIpc) is 2.38. The number of hydrogen-bond donors (Lipinski definition) is 1. The van der Waals surface area contributed by atoms with Gasteiger partial charge in [-0.05, 0) is 53.4 Å². The lowest BCUT2D eigenvalue weighted by atomic mass is 10.1. The number of allylic oxidation sites excluding steroid dienone is 2. The summed E-state index contributed by atoms with van der Waals surface area (Å²) in [4.78, 5) is 22.8. The molecule has 0 saturated carbocycles. The summed E-state index contributed by atoms with van der Waals surface area (Å²) in [5.74, 6) is -0.231. The van der Waals surface area contributed by atoms with Crippen molar-refractivity contribution >= 4 is 12.1 Å². The van der Waals surface area contributed by atoms with Gasteiger partial charge in [0.1, 0.15) is 5.60 Å². The van der Waals surface area contributed by atoms with Crippen LogP contribution in [0.1, 0.15) is 60.3 Å². The van der Waals surface area contributed by atoms with Crippen LogP contribution in [0.2, 0.25) is 0 Å². The number of amides is 1. The predicted molar refractivity (Wildman–Crippen MR) is 87.6 cm³/mol. The summed E-state index contributed by atoms with van der Waals surface area (Å²) in [6.07, 6.45) is 7.14. The Morgan fingerprint density at radius 2 is 1.64 bits per heavy atom. The molecule has 5 nitrogen and oxygen atoms in total. The van der Waals surface area contributed by atoms with E-state index >= 15 is 0 Å². The summed E-state index contributed by atoms with van der Waals surface area (Å²) in [7, 11) is 1.41. The maximum Gasteiger partial charge on any atom is 0.407 e. The molecule has 128 valence electrons. The fourth-order valence-electron chi connectivity index (χ4n) is 1.83. The van der Waals surface area contributed by atoms with Crippen molar-refractivity contribution in [1.82, 2.24) is 5.32 Å². The molecule has 22 heavy (non-hydrogen) atoms. The molecular weight excluding hydrogens is 282 g/mol. The lowest BCUT2D eigenvalue weighted by Gasteiger charge is -2.21. The van der Waals surface area contributed by atoms with Gasteiger partial charge in [-0.25, -0.2) is 4.79 Å². The van der Waals surface area contributed by atoms with Gasteiger partial charge in [0.2, 0.25) is 0 Å². The largest absolute Gasteiger partial charge is 0.469 e. The Bertz CT molecular complexity index is 371. The standard InChI is InChI=1S/C17H31NO4/c1-13(15(19)21-6)11-9-7-8-10-12-14(2)18-16(20)22-17(3,4)5/h7-8,13-14H,9-12H2,1-6H3,(H,18,20)/b8-7-/t13-,14?/m0/s1. The first-order valence-corrected chi connectivity index (χ1v) is 7.88. The van der Waals surface area contributed by atoms with Crippen molar-refractivity contribution in [2.24, 2.45) is 5.92 Å². The zero-order chi connectivity index (χ0) is 17.2. The molecule has 0 aromatic carbocycles. The van der Waals surface area contributed by atoms with E-state index in [-0.39, 0.29) is 24.0 Å². The molecule has 0 fully saturated rings. The van der Waals surface area contributed by atoms with Crippen LogP contribution in [-0.2, 0) is 14.3 Å². The molecule has 0 bridgehead atoms. The van der Waals surface area contributed by atoms with Crippen molar-refractivity contribution in [3.63, 3.8) is 0 Å². The maximum atomic E-state index is 11.6. The van der Waals surface area contributed by atoms with Gasteiger partial charge in [-0.1, -0.05) is 19.1 Å². The number of carbonyl (C=O) groups excluding carboxylic acids is 2. The Balaban J connectivity index is 3.80. The number of hydrogen-bond acceptors (Lipinski definition) is 4. The Hall–Kier alpha value is -1.52. The van der Waals surface area contributed by atoms with E-state index in [0.29, 0.717) is 0 Å². The van der Waals surface area contributed by atoms with Crippen LogP contribution in [0.3, 0.4) is 0 Å². The molecule has 1 N–H and O–H groups in total. The zero-order valence-electron chi connectivity index (χ0n) is 14.8. The number of methoxy groups -OCH3 is 1. The normalized spacial score (nSPS) is 14.5. The molecule has 0 aliphatic heterocycles. The molecule has 0 heterocycles. The highest BCUT2D eigenvalue weighted by Crippen LogP contribution is 2.09. The van der Waals surface area contributed by atoms with Crippen molar-refractivity contribution in [3.05, 3.63) is 12.2 Å². The molecule has 0 aliphatic rings. The third-order valence-corrected chi connectivity index (χ3v) is 3.07.